The third kappa shape index (κ3) is 1.71. The third-order valence-corrected chi connectivity index (χ3v) is 2.33. The summed E-state index contributed by atoms with van der Waals surface area (Å²) in [5.41, 5.74) is 1.11. The van der Waals surface area contributed by atoms with Crippen LogP contribution in [0.4, 0.5) is 5.69 Å². The summed E-state index contributed by atoms with van der Waals surface area (Å²) in [6, 6.07) is 4.67. The zero-order valence-electron chi connectivity index (χ0n) is 6.05. The molecule has 1 saturated carbocycles. The third-order valence-electron chi connectivity index (χ3n) is 1.70. The predicted molar refractivity (Wildman–Crippen MR) is 48.6 cm³/mol. The Hall–Kier alpha value is -0.570. The number of pyridine rings is 1. The molecule has 0 saturated heterocycles. The first-order chi connectivity index (χ1) is 5.36. The highest BCUT2D eigenvalue weighted by Crippen LogP contribution is 2.27. The average Bonchev–Trinajstić information content (AvgIpc) is 2.78. The van der Waals surface area contributed by atoms with Crippen LogP contribution in [0.15, 0.2) is 22.9 Å². The Kier molecular flexibility index (Phi) is 1.82. The van der Waals surface area contributed by atoms with Crippen molar-refractivity contribution >= 4 is 21.6 Å². The lowest BCUT2D eigenvalue weighted by Crippen LogP contribution is -2.01. The Morgan fingerprint density at radius 2 is 2.36 bits per heavy atom. The second kappa shape index (κ2) is 2.81. The first-order valence-electron chi connectivity index (χ1n) is 3.73. The van der Waals surface area contributed by atoms with Crippen LogP contribution in [0.3, 0.4) is 0 Å². The molecule has 0 unspecified atom stereocenters. The average molecular weight is 213 g/mol. The fourth-order valence-corrected chi connectivity index (χ4v) is 1.31. The van der Waals surface area contributed by atoms with Crippen LogP contribution in [0.1, 0.15) is 12.8 Å². The van der Waals surface area contributed by atoms with Gasteiger partial charge in [0, 0.05) is 12.2 Å². The van der Waals surface area contributed by atoms with Gasteiger partial charge in [-0.05, 0) is 40.9 Å². The molecule has 1 aliphatic carbocycles. The number of anilines is 1. The van der Waals surface area contributed by atoms with Crippen molar-refractivity contribution in [2.75, 3.05) is 5.32 Å². The summed E-state index contributed by atoms with van der Waals surface area (Å²) in [7, 11) is 0. The smallest absolute Gasteiger partial charge is 0.129 e. The van der Waals surface area contributed by atoms with Crippen molar-refractivity contribution < 1.29 is 0 Å². The van der Waals surface area contributed by atoms with E-state index in [1.807, 2.05) is 12.1 Å². The Labute approximate surface area is 74.2 Å². The molecule has 3 heteroatoms. The lowest BCUT2D eigenvalue weighted by Gasteiger charge is -2.04. The molecule has 0 amide bonds. The molecule has 1 aromatic heterocycles. The van der Waals surface area contributed by atoms with Crippen molar-refractivity contribution in [2.24, 2.45) is 0 Å². The van der Waals surface area contributed by atoms with Crippen molar-refractivity contribution in [1.82, 2.24) is 4.98 Å². The summed E-state index contributed by atoms with van der Waals surface area (Å²) in [5, 5.41) is 3.37. The number of hydrogen-bond acceptors (Lipinski definition) is 2. The van der Waals surface area contributed by atoms with Crippen LogP contribution in [0.25, 0.3) is 0 Å². The van der Waals surface area contributed by atoms with Crippen molar-refractivity contribution in [1.29, 1.82) is 0 Å². The maximum absolute atomic E-state index is 4.11. The standard InChI is InChI=1S/C8H9BrN2/c9-8-7(2-1-5-10-8)11-6-3-4-6/h1-2,5-6,11H,3-4H2. The normalized spacial score (nSPS) is 16.5. The summed E-state index contributed by atoms with van der Waals surface area (Å²) in [4.78, 5) is 4.11. The van der Waals surface area contributed by atoms with Crippen molar-refractivity contribution in [3.05, 3.63) is 22.9 Å². The van der Waals surface area contributed by atoms with Gasteiger partial charge in [-0.2, -0.15) is 0 Å². The maximum atomic E-state index is 4.11. The number of aromatic nitrogens is 1. The van der Waals surface area contributed by atoms with Crippen molar-refractivity contribution in [3.63, 3.8) is 0 Å². The molecule has 2 nitrogen and oxygen atoms in total. The van der Waals surface area contributed by atoms with Gasteiger partial charge in [-0.1, -0.05) is 0 Å². The van der Waals surface area contributed by atoms with Gasteiger partial charge in [-0.3, -0.25) is 0 Å². The second-order valence-corrected chi connectivity index (χ2v) is 3.51. The zero-order valence-corrected chi connectivity index (χ0v) is 7.63. The highest BCUT2D eigenvalue weighted by Gasteiger charge is 2.21. The van der Waals surface area contributed by atoms with Crippen LogP contribution < -0.4 is 5.32 Å². The molecular weight excluding hydrogens is 204 g/mol. The van der Waals surface area contributed by atoms with E-state index in [0.717, 1.165) is 10.3 Å². The van der Waals surface area contributed by atoms with Crippen LogP contribution in [-0.2, 0) is 0 Å². The Morgan fingerprint density at radius 1 is 1.55 bits per heavy atom. The van der Waals surface area contributed by atoms with Gasteiger partial charge in [-0.25, -0.2) is 4.98 Å². The van der Waals surface area contributed by atoms with E-state index < -0.39 is 0 Å². The number of hydrogen-bond donors (Lipinski definition) is 1. The summed E-state index contributed by atoms with van der Waals surface area (Å²) in [6.45, 7) is 0. The van der Waals surface area contributed by atoms with Crippen molar-refractivity contribution in [3.8, 4) is 0 Å². The first kappa shape index (κ1) is 7.10. The molecule has 1 fully saturated rings. The fourth-order valence-electron chi connectivity index (χ4n) is 0.941. The Bertz CT molecular complexity index is 258. The lowest BCUT2D eigenvalue weighted by atomic mass is 10.4. The van der Waals surface area contributed by atoms with Gasteiger partial charge in [0.05, 0.1) is 5.69 Å². The van der Waals surface area contributed by atoms with Gasteiger partial charge in [0.25, 0.3) is 0 Å². The topological polar surface area (TPSA) is 24.9 Å². The van der Waals surface area contributed by atoms with Gasteiger partial charge >= 0.3 is 0 Å². The number of nitrogens with zero attached hydrogens (tertiary/aromatic N) is 1. The molecule has 2 rings (SSSR count). The zero-order chi connectivity index (χ0) is 7.68. The lowest BCUT2D eigenvalue weighted by molar-refractivity contribution is 1.13. The fraction of sp³-hybridized carbons (Fsp3) is 0.375. The number of rotatable bonds is 2. The molecule has 58 valence electrons. The quantitative estimate of drug-likeness (QED) is 0.763. The minimum absolute atomic E-state index is 0.690. The summed E-state index contributed by atoms with van der Waals surface area (Å²) in [6.07, 6.45) is 4.37. The molecular formula is C8H9BrN2. The first-order valence-corrected chi connectivity index (χ1v) is 4.52. The highest BCUT2D eigenvalue weighted by atomic mass is 79.9. The van der Waals surface area contributed by atoms with E-state index >= 15 is 0 Å². The van der Waals surface area contributed by atoms with Crippen LogP contribution in [0.2, 0.25) is 0 Å². The summed E-state index contributed by atoms with van der Waals surface area (Å²) >= 11 is 3.38. The van der Waals surface area contributed by atoms with E-state index in [0.29, 0.717) is 6.04 Å². The van der Waals surface area contributed by atoms with Crippen LogP contribution in [-0.4, -0.2) is 11.0 Å². The molecule has 1 aliphatic rings. The highest BCUT2D eigenvalue weighted by molar-refractivity contribution is 9.10. The molecule has 0 radical (unpaired) electrons. The van der Waals surface area contributed by atoms with E-state index in [1.54, 1.807) is 6.20 Å². The van der Waals surface area contributed by atoms with Gasteiger partial charge in [0.15, 0.2) is 0 Å². The largest absolute Gasteiger partial charge is 0.380 e. The minimum atomic E-state index is 0.690. The van der Waals surface area contributed by atoms with Crippen molar-refractivity contribution in [2.45, 2.75) is 18.9 Å². The van der Waals surface area contributed by atoms with Gasteiger partial charge in [0.2, 0.25) is 0 Å². The van der Waals surface area contributed by atoms with E-state index in [-0.39, 0.29) is 0 Å². The molecule has 0 spiro atoms. The van der Waals surface area contributed by atoms with E-state index in [1.165, 1.54) is 12.8 Å². The van der Waals surface area contributed by atoms with E-state index in [9.17, 15) is 0 Å². The SMILES string of the molecule is Brc1ncccc1NC1CC1. The van der Waals surface area contributed by atoms with Crippen LogP contribution in [0, 0.1) is 0 Å². The Balaban J connectivity index is 2.15. The van der Waals surface area contributed by atoms with Gasteiger partial charge < -0.3 is 5.32 Å². The van der Waals surface area contributed by atoms with Gasteiger partial charge in [-0.15, -0.1) is 0 Å². The maximum Gasteiger partial charge on any atom is 0.129 e. The molecule has 1 heterocycles. The monoisotopic (exact) mass is 212 g/mol. The van der Waals surface area contributed by atoms with Crippen LogP contribution in [0.5, 0.6) is 0 Å². The summed E-state index contributed by atoms with van der Waals surface area (Å²) < 4.78 is 0.909. The molecule has 11 heavy (non-hydrogen) atoms. The molecule has 0 atom stereocenters. The molecule has 1 N–H and O–H groups in total. The minimum Gasteiger partial charge on any atom is -0.380 e. The summed E-state index contributed by atoms with van der Waals surface area (Å²) in [5.74, 6) is 0. The van der Waals surface area contributed by atoms with E-state index in [2.05, 4.69) is 26.2 Å². The predicted octanol–water partition coefficient (Wildman–Crippen LogP) is 2.42. The molecule has 0 aromatic carbocycles. The molecule has 1 aromatic rings. The molecule has 0 bridgehead atoms. The second-order valence-electron chi connectivity index (χ2n) is 2.76. The van der Waals surface area contributed by atoms with Gasteiger partial charge in [0.1, 0.15) is 4.60 Å². The molecule has 0 aliphatic heterocycles. The van der Waals surface area contributed by atoms with E-state index in [4.69, 9.17) is 0 Å². The number of nitrogens with one attached hydrogen (secondary N) is 1. The van der Waals surface area contributed by atoms with Crippen LogP contribution >= 0.6 is 15.9 Å². The Morgan fingerprint density at radius 3 is 3.00 bits per heavy atom. The number of halogens is 1.